The molecular formula is C14H19N5. The molecule has 3 N–H and O–H groups in total. The van der Waals surface area contributed by atoms with Gasteiger partial charge in [-0.2, -0.15) is 9.61 Å². The summed E-state index contributed by atoms with van der Waals surface area (Å²) in [4.78, 5) is 4.77. The van der Waals surface area contributed by atoms with E-state index >= 15 is 0 Å². The molecule has 1 aliphatic rings. The van der Waals surface area contributed by atoms with Crippen LogP contribution >= 0.6 is 0 Å². The van der Waals surface area contributed by atoms with Crippen molar-refractivity contribution in [3.05, 3.63) is 29.6 Å². The molecular weight excluding hydrogens is 238 g/mol. The van der Waals surface area contributed by atoms with Gasteiger partial charge in [-0.25, -0.2) is 4.98 Å². The second-order valence-electron chi connectivity index (χ2n) is 4.98. The first-order valence-corrected chi connectivity index (χ1v) is 6.77. The van der Waals surface area contributed by atoms with Crippen LogP contribution in [-0.4, -0.2) is 27.7 Å². The summed E-state index contributed by atoms with van der Waals surface area (Å²) in [5.74, 6) is 1.11. The SMILES string of the molecule is C/C=C\c1cnn2c(N)cc(C3CCCNC3)nc12. The molecule has 0 radical (unpaired) electrons. The number of nitrogens with one attached hydrogen (secondary N) is 1. The predicted octanol–water partition coefficient (Wildman–Crippen LogP) is 1.81. The normalized spacial score (nSPS) is 20.4. The third-order valence-corrected chi connectivity index (χ3v) is 3.61. The summed E-state index contributed by atoms with van der Waals surface area (Å²) in [7, 11) is 0. The van der Waals surface area contributed by atoms with Gasteiger partial charge < -0.3 is 11.1 Å². The average molecular weight is 257 g/mol. The van der Waals surface area contributed by atoms with Crippen molar-refractivity contribution in [1.29, 1.82) is 0 Å². The second-order valence-corrected chi connectivity index (χ2v) is 4.98. The van der Waals surface area contributed by atoms with Crippen molar-refractivity contribution >= 4 is 17.5 Å². The van der Waals surface area contributed by atoms with Gasteiger partial charge in [0, 0.05) is 24.1 Å². The molecule has 5 heteroatoms. The van der Waals surface area contributed by atoms with Crippen LogP contribution in [0.4, 0.5) is 5.82 Å². The quantitative estimate of drug-likeness (QED) is 0.861. The number of fused-ring (bicyclic) bond motifs is 1. The summed E-state index contributed by atoms with van der Waals surface area (Å²) in [5, 5.41) is 7.70. The number of nitrogens with zero attached hydrogens (tertiary/aromatic N) is 3. The zero-order valence-corrected chi connectivity index (χ0v) is 11.1. The molecule has 3 heterocycles. The van der Waals surface area contributed by atoms with E-state index in [2.05, 4.69) is 10.4 Å². The van der Waals surface area contributed by atoms with Gasteiger partial charge in [-0.1, -0.05) is 12.2 Å². The molecule has 1 fully saturated rings. The van der Waals surface area contributed by atoms with E-state index in [1.165, 1.54) is 12.8 Å². The minimum atomic E-state index is 0.453. The third-order valence-electron chi connectivity index (χ3n) is 3.61. The molecule has 1 saturated heterocycles. The monoisotopic (exact) mass is 257 g/mol. The molecule has 3 rings (SSSR count). The van der Waals surface area contributed by atoms with Crippen molar-refractivity contribution in [3.8, 4) is 0 Å². The third kappa shape index (κ3) is 2.21. The Morgan fingerprint density at radius 2 is 2.42 bits per heavy atom. The van der Waals surface area contributed by atoms with Crippen LogP contribution in [0.5, 0.6) is 0 Å². The molecule has 19 heavy (non-hydrogen) atoms. The Balaban J connectivity index is 2.08. The van der Waals surface area contributed by atoms with Crippen LogP contribution in [0.25, 0.3) is 11.7 Å². The van der Waals surface area contributed by atoms with Gasteiger partial charge in [0.2, 0.25) is 0 Å². The Morgan fingerprint density at radius 1 is 1.53 bits per heavy atom. The van der Waals surface area contributed by atoms with Gasteiger partial charge in [-0.3, -0.25) is 0 Å². The van der Waals surface area contributed by atoms with E-state index in [0.29, 0.717) is 11.7 Å². The first-order valence-electron chi connectivity index (χ1n) is 6.77. The van der Waals surface area contributed by atoms with Crippen molar-refractivity contribution in [3.63, 3.8) is 0 Å². The number of hydrogen-bond acceptors (Lipinski definition) is 4. The zero-order valence-electron chi connectivity index (χ0n) is 11.1. The summed E-state index contributed by atoms with van der Waals surface area (Å²) < 4.78 is 1.70. The summed E-state index contributed by atoms with van der Waals surface area (Å²) >= 11 is 0. The van der Waals surface area contributed by atoms with Crippen molar-refractivity contribution in [2.75, 3.05) is 18.8 Å². The van der Waals surface area contributed by atoms with Crippen molar-refractivity contribution in [2.45, 2.75) is 25.7 Å². The maximum Gasteiger partial charge on any atom is 0.164 e. The van der Waals surface area contributed by atoms with Crippen LogP contribution in [0.3, 0.4) is 0 Å². The Labute approximate surface area is 112 Å². The summed E-state index contributed by atoms with van der Waals surface area (Å²) in [6, 6.07) is 1.96. The fourth-order valence-corrected chi connectivity index (χ4v) is 2.63. The molecule has 0 saturated carbocycles. The number of anilines is 1. The van der Waals surface area contributed by atoms with Gasteiger partial charge in [0.15, 0.2) is 5.65 Å². The topological polar surface area (TPSA) is 68.2 Å². The maximum absolute atomic E-state index is 6.09. The fourth-order valence-electron chi connectivity index (χ4n) is 2.63. The number of allylic oxidation sites excluding steroid dienone is 1. The lowest BCUT2D eigenvalue weighted by Crippen LogP contribution is -2.29. The van der Waals surface area contributed by atoms with Crippen LogP contribution in [0.2, 0.25) is 0 Å². The highest BCUT2D eigenvalue weighted by atomic mass is 15.3. The largest absolute Gasteiger partial charge is 0.384 e. The lowest BCUT2D eigenvalue weighted by molar-refractivity contribution is 0.455. The van der Waals surface area contributed by atoms with Gasteiger partial charge in [-0.15, -0.1) is 0 Å². The number of nitrogens with two attached hydrogens (primary N) is 1. The number of aromatic nitrogens is 3. The molecule has 2 aromatic rings. The Bertz CT molecular complexity index is 608. The lowest BCUT2D eigenvalue weighted by Gasteiger charge is -2.22. The molecule has 0 aliphatic carbocycles. The van der Waals surface area contributed by atoms with Gasteiger partial charge >= 0.3 is 0 Å². The Hall–Kier alpha value is -1.88. The highest BCUT2D eigenvalue weighted by Gasteiger charge is 2.18. The van der Waals surface area contributed by atoms with E-state index in [0.717, 1.165) is 30.0 Å². The predicted molar refractivity (Wildman–Crippen MR) is 77.0 cm³/mol. The first-order chi connectivity index (χ1) is 9.29. The molecule has 0 amide bonds. The number of rotatable bonds is 2. The molecule has 100 valence electrons. The minimum absolute atomic E-state index is 0.453. The van der Waals surface area contributed by atoms with E-state index in [9.17, 15) is 0 Å². The molecule has 1 aliphatic heterocycles. The van der Waals surface area contributed by atoms with Crippen LogP contribution in [0, 0.1) is 0 Å². The first kappa shape index (κ1) is 12.2. The highest BCUT2D eigenvalue weighted by molar-refractivity contribution is 5.66. The molecule has 1 unspecified atom stereocenters. The summed E-state index contributed by atoms with van der Waals surface area (Å²) in [6.07, 6.45) is 8.17. The number of nitrogen functional groups attached to an aromatic ring is 1. The molecule has 1 atom stereocenters. The van der Waals surface area contributed by atoms with Crippen LogP contribution < -0.4 is 11.1 Å². The lowest BCUT2D eigenvalue weighted by atomic mass is 9.96. The molecule has 0 aromatic carbocycles. The summed E-state index contributed by atoms with van der Waals surface area (Å²) in [5.41, 5.74) is 9.02. The van der Waals surface area contributed by atoms with Crippen LogP contribution in [0.15, 0.2) is 18.3 Å². The Kier molecular flexibility index (Phi) is 3.21. The van der Waals surface area contributed by atoms with Gasteiger partial charge in [0.25, 0.3) is 0 Å². The number of piperidine rings is 1. The fraction of sp³-hybridized carbons (Fsp3) is 0.429. The molecule has 0 spiro atoms. The second kappa shape index (κ2) is 5.01. The Morgan fingerprint density at radius 3 is 3.16 bits per heavy atom. The summed E-state index contributed by atoms with van der Waals surface area (Å²) in [6.45, 7) is 4.07. The van der Waals surface area contributed by atoms with E-state index in [1.54, 1.807) is 4.52 Å². The van der Waals surface area contributed by atoms with Gasteiger partial charge in [-0.05, 0) is 26.3 Å². The van der Waals surface area contributed by atoms with E-state index in [1.807, 2.05) is 31.3 Å². The van der Waals surface area contributed by atoms with E-state index in [4.69, 9.17) is 10.7 Å². The van der Waals surface area contributed by atoms with Crippen molar-refractivity contribution in [1.82, 2.24) is 19.9 Å². The highest BCUT2D eigenvalue weighted by Crippen LogP contribution is 2.25. The van der Waals surface area contributed by atoms with Crippen LogP contribution in [-0.2, 0) is 0 Å². The molecule has 0 bridgehead atoms. The molecule has 5 nitrogen and oxygen atoms in total. The zero-order chi connectivity index (χ0) is 13.2. The van der Waals surface area contributed by atoms with Crippen LogP contribution in [0.1, 0.15) is 36.9 Å². The number of hydrogen-bond donors (Lipinski definition) is 2. The minimum Gasteiger partial charge on any atom is -0.384 e. The van der Waals surface area contributed by atoms with Crippen molar-refractivity contribution < 1.29 is 0 Å². The molecule has 2 aromatic heterocycles. The smallest absolute Gasteiger partial charge is 0.164 e. The van der Waals surface area contributed by atoms with E-state index in [-0.39, 0.29) is 0 Å². The van der Waals surface area contributed by atoms with E-state index < -0.39 is 0 Å². The maximum atomic E-state index is 6.09. The van der Waals surface area contributed by atoms with Gasteiger partial charge in [0.1, 0.15) is 5.82 Å². The van der Waals surface area contributed by atoms with Gasteiger partial charge in [0.05, 0.1) is 11.9 Å². The standard InChI is InChI=1S/C14H19N5/c1-2-4-11-9-17-19-13(15)7-12(18-14(11)19)10-5-3-6-16-8-10/h2,4,7,9-10,16H,3,5-6,8,15H2,1H3/b4-2-. The average Bonchev–Trinajstić information content (AvgIpc) is 2.84. The van der Waals surface area contributed by atoms with Crippen molar-refractivity contribution in [2.24, 2.45) is 0 Å².